The molecular weight excluding hydrogens is 355 g/mol. The van der Waals surface area contributed by atoms with Crippen LogP contribution in [-0.2, 0) is 13.1 Å². The quantitative estimate of drug-likeness (QED) is 0.739. The summed E-state index contributed by atoms with van der Waals surface area (Å²) in [5.41, 5.74) is 5.76. The zero-order valence-corrected chi connectivity index (χ0v) is 16.3. The summed E-state index contributed by atoms with van der Waals surface area (Å²) < 4.78 is 21.4. The van der Waals surface area contributed by atoms with Crippen LogP contribution in [0.4, 0.5) is 4.39 Å². The molecule has 2 aliphatic rings. The third kappa shape index (κ3) is 2.73. The van der Waals surface area contributed by atoms with Crippen molar-refractivity contribution in [2.75, 3.05) is 20.2 Å². The van der Waals surface area contributed by atoms with E-state index in [1.54, 1.807) is 12.1 Å². The summed E-state index contributed by atoms with van der Waals surface area (Å²) in [4.78, 5) is 2.49. The zero-order valence-electron chi connectivity index (χ0n) is 16.3. The first kappa shape index (κ1) is 17.7. The van der Waals surface area contributed by atoms with Crippen molar-refractivity contribution in [3.05, 3.63) is 64.6 Å². The van der Waals surface area contributed by atoms with Crippen molar-refractivity contribution in [2.24, 2.45) is 0 Å². The number of halogens is 1. The maximum absolute atomic E-state index is 14.1. The predicted molar refractivity (Wildman–Crippen MR) is 107 cm³/mol. The van der Waals surface area contributed by atoms with Crippen molar-refractivity contribution >= 4 is 10.9 Å². The number of aliphatic hydroxyl groups is 1. The molecule has 2 aliphatic heterocycles. The molecule has 1 saturated heterocycles. The molecule has 5 rings (SSSR count). The minimum Gasteiger partial charge on any atom is -0.494 e. The van der Waals surface area contributed by atoms with Crippen LogP contribution in [0.2, 0.25) is 0 Å². The van der Waals surface area contributed by atoms with E-state index in [9.17, 15) is 9.50 Å². The van der Waals surface area contributed by atoms with Gasteiger partial charge in [-0.05, 0) is 55.3 Å². The SMILES string of the molecule is COc1ccc(C(O)Cn2c3c(c4cc(C)ccc42)C2CCN(C3)C2)cc1F. The molecule has 2 bridgehead atoms. The lowest BCUT2D eigenvalue weighted by atomic mass is 9.93. The molecule has 2 aromatic carbocycles. The smallest absolute Gasteiger partial charge is 0.165 e. The van der Waals surface area contributed by atoms with Crippen LogP contribution < -0.4 is 4.74 Å². The van der Waals surface area contributed by atoms with Gasteiger partial charge in [0.25, 0.3) is 0 Å². The van der Waals surface area contributed by atoms with E-state index < -0.39 is 11.9 Å². The molecule has 0 spiro atoms. The Hall–Kier alpha value is -2.37. The molecular formula is C23H25FN2O2. The van der Waals surface area contributed by atoms with Gasteiger partial charge in [0.15, 0.2) is 11.6 Å². The molecule has 3 atom stereocenters. The third-order valence-corrected chi connectivity index (χ3v) is 6.34. The zero-order chi connectivity index (χ0) is 19.4. The Morgan fingerprint density at radius 2 is 2.11 bits per heavy atom. The number of benzene rings is 2. The van der Waals surface area contributed by atoms with Crippen molar-refractivity contribution in [1.29, 1.82) is 0 Å². The number of hydrogen-bond donors (Lipinski definition) is 1. The molecule has 0 saturated carbocycles. The molecule has 146 valence electrons. The second-order valence-corrected chi connectivity index (χ2v) is 8.12. The average molecular weight is 380 g/mol. The van der Waals surface area contributed by atoms with Crippen molar-refractivity contribution in [1.82, 2.24) is 9.47 Å². The summed E-state index contributed by atoms with van der Waals surface area (Å²) in [5.74, 6) is 0.322. The fourth-order valence-corrected chi connectivity index (χ4v) is 4.97. The van der Waals surface area contributed by atoms with Crippen molar-refractivity contribution in [2.45, 2.75) is 38.5 Å². The standard InChI is InChI=1S/C23H25FN2O2/c1-14-3-5-19-17(9-14)23-16-7-8-25(11-16)12-20(23)26(19)13-21(27)15-4-6-22(28-2)18(24)10-15/h3-6,9-10,16,21,27H,7-8,11-13H2,1-2H3. The van der Waals surface area contributed by atoms with E-state index in [0.717, 1.165) is 25.2 Å². The monoisotopic (exact) mass is 380 g/mol. The highest BCUT2D eigenvalue weighted by atomic mass is 19.1. The van der Waals surface area contributed by atoms with Gasteiger partial charge in [-0.1, -0.05) is 17.7 Å². The maximum Gasteiger partial charge on any atom is 0.165 e. The second-order valence-electron chi connectivity index (χ2n) is 8.12. The Morgan fingerprint density at radius 1 is 1.25 bits per heavy atom. The van der Waals surface area contributed by atoms with E-state index in [-0.39, 0.29) is 5.75 Å². The topological polar surface area (TPSA) is 37.6 Å². The second kappa shape index (κ2) is 6.61. The molecule has 0 radical (unpaired) electrons. The molecule has 0 aliphatic carbocycles. The summed E-state index contributed by atoms with van der Waals surface area (Å²) in [6.45, 7) is 5.73. The number of hydrogen-bond acceptors (Lipinski definition) is 3. The van der Waals surface area contributed by atoms with Gasteiger partial charge in [0, 0.05) is 35.6 Å². The fourth-order valence-electron chi connectivity index (χ4n) is 4.97. The molecule has 28 heavy (non-hydrogen) atoms. The lowest BCUT2D eigenvalue weighted by Crippen LogP contribution is -2.27. The lowest BCUT2D eigenvalue weighted by Gasteiger charge is -2.25. The first-order chi connectivity index (χ1) is 13.5. The summed E-state index contributed by atoms with van der Waals surface area (Å²) in [5, 5.41) is 12.2. The Bertz CT molecular complexity index is 1060. The molecule has 1 fully saturated rings. The molecule has 3 unspecified atom stereocenters. The number of aryl methyl sites for hydroxylation is 1. The van der Waals surface area contributed by atoms with Crippen molar-refractivity contribution in [3.8, 4) is 5.75 Å². The van der Waals surface area contributed by atoms with Crippen molar-refractivity contribution in [3.63, 3.8) is 0 Å². The normalized spacial score (nSPS) is 21.7. The highest BCUT2D eigenvalue weighted by Gasteiger charge is 2.35. The van der Waals surface area contributed by atoms with E-state index in [1.807, 2.05) is 0 Å². The minimum atomic E-state index is -0.781. The number of ether oxygens (including phenoxy) is 1. The lowest BCUT2D eigenvalue weighted by molar-refractivity contribution is 0.154. The van der Waals surface area contributed by atoms with Gasteiger partial charge in [0.2, 0.25) is 0 Å². The average Bonchev–Trinajstić information content (AvgIpc) is 3.20. The molecule has 0 amide bonds. The number of rotatable bonds is 4. The van der Waals surface area contributed by atoms with Crippen LogP contribution in [0.25, 0.3) is 10.9 Å². The van der Waals surface area contributed by atoms with E-state index in [4.69, 9.17) is 4.74 Å². The van der Waals surface area contributed by atoms with Crippen LogP contribution in [0.15, 0.2) is 36.4 Å². The van der Waals surface area contributed by atoms with Gasteiger partial charge in [0.05, 0.1) is 19.8 Å². The van der Waals surface area contributed by atoms with Crippen LogP contribution in [0.3, 0.4) is 0 Å². The Labute approximate surface area is 164 Å². The Balaban J connectivity index is 1.58. The van der Waals surface area contributed by atoms with E-state index in [1.165, 1.54) is 41.8 Å². The van der Waals surface area contributed by atoms with E-state index in [2.05, 4.69) is 34.6 Å². The van der Waals surface area contributed by atoms with Crippen LogP contribution in [0.1, 0.15) is 40.8 Å². The van der Waals surface area contributed by atoms with Crippen molar-refractivity contribution < 1.29 is 14.2 Å². The van der Waals surface area contributed by atoms with Gasteiger partial charge in [-0.3, -0.25) is 4.90 Å². The number of nitrogens with zero attached hydrogens (tertiary/aromatic N) is 2. The van der Waals surface area contributed by atoms with Crippen LogP contribution in [0, 0.1) is 12.7 Å². The molecule has 1 aromatic heterocycles. The number of aliphatic hydroxyl groups excluding tert-OH is 1. The van der Waals surface area contributed by atoms with Gasteiger partial charge < -0.3 is 14.4 Å². The van der Waals surface area contributed by atoms with Gasteiger partial charge >= 0.3 is 0 Å². The van der Waals surface area contributed by atoms with Gasteiger partial charge in [-0.25, -0.2) is 4.39 Å². The Morgan fingerprint density at radius 3 is 2.89 bits per heavy atom. The molecule has 5 heteroatoms. The minimum absolute atomic E-state index is 0.194. The summed E-state index contributed by atoms with van der Waals surface area (Å²) in [6.07, 6.45) is 0.419. The maximum atomic E-state index is 14.1. The number of fused-ring (bicyclic) bond motifs is 6. The van der Waals surface area contributed by atoms with Crippen LogP contribution >= 0.6 is 0 Å². The third-order valence-electron chi connectivity index (χ3n) is 6.34. The molecule has 1 N–H and O–H groups in total. The highest BCUT2D eigenvalue weighted by Crippen LogP contribution is 2.42. The summed E-state index contributed by atoms with van der Waals surface area (Å²) >= 11 is 0. The summed E-state index contributed by atoms with van der Waals surface area (Å²) in [7, 11) is 1.44. The Kier molecular flexibility index (Phi) is 4.18. The van der Waals surface area contributed by atoms with Gasteiger partial charge in [0.1, 0.15) is 0 Å². The van der Waals surface area contributed by atoms with E-state index >= 15 is 0 Å². The van der Waals surface area contributed by atoms with Gasteiger partial charge in [-0.15, -0.1) is 0 Å². The fraction of sp³-hybridized carbons (Fsp3) is 0.391. The van der Waals surface area contributed by atoms with Gasteiger partial charge in [-0.2, -0.15) is 0 Å². The number of aromatic nitrogens is 1. The molecule has 3 aromatic rings. The van der Waals surface area contributed by atoms with E-state index in [0.29, 0.717) is 18.0 Å². The molecule has 4 nitrogen and oxygen atoms in total. The predicted octanol–water partition coefficient (Wildman–Crippen LogP) is 4.13. The van der Waals surface area contributed by atoms with Crippen LogP contribution in [-0.4, -0.2) is 34.8 Å². The first-order valence-electron chi connectivity index (χ1n) is 9.90. The van der Waals surface area contributed by atoms with Crippen LogP contribution in [0.5, 0.6) is 5.75 Å². The molecule has 3 heterocycles. The largest absolute Gasteiger partial charge is 0.494 e. The highest BCUT2D eigenvalue weighted by molar-refractivity contribution is 5.87. The number of methoxy groups -OCH3 is 1. The summed E-state index contributed by atoms with van der Waals surface area (Å²) in [6, 6.07) is 11.3. The first-order valence-corrected chi connectivity index (χ1v) is 9.90.